The van der Waals surface area contributed by atoms with E-state index >= 15 is 0 Å². The van der Waals surface area contributed by atoms with Crippen LogP contribution in [0.2, 0.25) is 0 Å². The second-order valence-electron chi connectivity index (χ2n) is 3.94. The van der Waals surface area contributed by atoms with Gasteiger partial charge < -0.3 is 5.32 Å². The molecule has 1 amide bonds. The standard InChI is InChI=1S/C13H5BrF2I3NO/c14-5-1-7(15)11(8(16)2-5)13(21)20-12-9(18)3-6(17)4-10(12)19/h1-4H,(H,20,21). The monoisotopic (exact) mass is 689 g/mol. The predicted octanol–water partition coefficient (Wildman–Crippen LogP) is 5.79. The van der Waals surface area contributed by atoms with Crippen molar-refractivity contribution in [2.45, 2.75) is 0 Å². The first-order valence-electron chi connectivity index (χ1n) is 5.40. The highest BCUT2D eigenvalue weighted by molar-refractivity contribution is 14.1. The van der Waals surface area contributed by atoms with Crippen molar-refractivity contribution in [2.75, 3.05) is 5.32 Å². The fourth-order valence-electron chi connectivity index (χ4n) is 1.60. The number of nitrogens with one attached hydrogen (secondary N) is 1. The molecule has 2 aromatic carbocycles. The van der Waals surface area contributed by atoms with Crippen molar-refractivity contribution in [2.24, 2.45) is 0 Å². The van der Waals surface area contributed by atoms with E-state index in [0.717, 1.165) is 22.8 Å². The number of carbonyl (C=O) groups excluding carboxylic acids is 1. The smallest absolute Gasteiger partial charge is 0.261 e. The molecule has 0 aliphatic rings. The van der Waals surface area contributed by atoms with Gasteiger partial charge in [-0.05, 0) is 92.0 Å². The fourth-order valence-corrected chi connectivity index (χ4v) is 5.85. The van der Waals surface area contributed by atoms with Gasteiger partial charge in [0.15, 0.2) is 0 Å². The summed E-state index contributed by atoms with van der Waals surface area (Å²) in [7, 11) is 0. The number of hydrogen-bond acceptors (Lipinski definition) is 1. The van der Waals surface area contributed by atoms with Crippen molar-refractivity contribution in [3.8, 4) is 0 Å². The minimum absolute atomic E-state index is 0.243. The molecule has 1 N–H and O–H groups in total. The van der Waals surface area contributed by atoms with Crippen LogP contribution in [0.4, 0.5) is 14.5 Å². The molecule has 0 spiro atoms. The van der Waals surface area contributed by atoms with E-state index in [0.29, 0.717) is 5.69 Å². The van der Waals surface area contributed by atoms with Crippen LogP contribution in [-0.2, 0) is 0 Å². The number of amides is 1. The molecular weight excluding hydrogens is 685 g/mol. The van der Waals surface area contributed by atoms with Crippen LogP contribution >= 0.6 is 83.7 Å². The Bertz CT molecular complexity index is 693. The van der Waals surface area contributed by atoms with Gasteiger partial charge in [0.2, 0.25) is 0 Å². The highest BCUT2D eigenvalue weighted by Gasteiger charge is 2.20. The molecule has 2 nitrogen and oxygen atoms in total. The van der Waals surface area contributed by atoms with Crippen molar-refractivity contribution in [1.29, 1.82) is 0 Å². The summed E-state index contributed by atoms with van der Waals surface area (Å²) in [5.74, 6) is -2.63. The first-order valence-corrected chi connectivity index (χ1v) is 9.43. The SMILES string of the molecule is O=C(Nc1c(I)cc(I)cc1I)c1c(F)cc(Br)cc1F. The average Bonchev–Trinajstić information content (AvgIpc) is 2.32. The zero-order chi connectivity index (χ0) is 15.7. The first-order chi connectivity index (χ1) is 9.79. The summed E-state index contributed by atoms with van der Waals surface area (Å²) in [6, 6.07) is 5.85. The maximum Gasteiger partial charge on any atom is 0.261 e. The Morgan fingerprint density at radius 2 is 1.48 bits per heavy atom. The largest absolute Gasteiger partial charge is 0.320 e. The fraction of sp³-hybridized carbons (Fsp3) is 0. The normalized spacial score (nSPS) is 10.6. The van der Waals surface area contributed by atoms with Gasteiger partial charge in [-0.1, -0.05) is 15.9 Å². The summed E-state index contributed by atoms with van der Waals surface area (Å²) in [6.45, 7) is 0. The number of benzene rings is 2. The predicted molar refractivity (Wildman–Crippen MR) is 107 cm³/mol. The third kappa shape index (κ3) is 4.25. The lowest BCUT2D eigenvalue weighted by atomic mass is 10.2. The Hall–Kier alpha value is 0.440. The van der Waals surface area contributed by atoms with Crippen LogP contribution in [0.25, 0.3) is 0 Å². The molecule has 21 heavy (non-hydrogen) atoms. The number of carbonyl (C=O) groups is 1. The Labute approximate surface area is 169 Å². The molecule has 110 valence electrons. The highest BCUT2D eigenvalue weighted by atomic mass is 127. The molecule has 0 aliphatic carbocycles. The molecule has 8 heteroatoms. The third-order valence-electron chi connectivity index (χ3n) is 2.48. The lowest BCUT2D eigenvalue weighted by Crippen LogP contribution is -2.17. The van der Waals surface area contributed by atoms with Crippen LogP contribution in [0.1, 0.15) is 10.4 Å². The Morgan fingerprint density at radius 1 is 1.00 bits per heavy atom. The molecule has 2 aromatic rings. The molecule has 0 radical (unpaired) electrons. The minimum Gasteiger partial charge on any atom is -0.320 e. The van der Waals surface area contributed by atoms with Gasteiger partial charge in [-0.2, -0.15) is 0 Å². The number of rotatable bonds is 2. The topological polar surface area (TPSA) is 29.1 Å². The van der Waals surface area contributed by atoms with Gasteiger partial charge >= 0.3 is 0 Å². The zero-order valence-electron chi connectivity index (χ0n) is 9.99. The van der Waals surface area contributed by atoms with Crippen molar-refractivity contribution in [3.63, 3.8) is 0 Å². The Kier molecular flexibility index (Phi) is 6.22. The second-order valence-corrected chi connectivity index (χ2v) is 8.43. The van der Waals surface area contributed by atoms with Gasteiger partial charge in [0, 0.05) is 15.2 Å². The van der Waals surface area contributed by atoms with Crippen LogP contribution in [0.15, 0.2) is 28.7 Å². The van der Waals surface area contributed by atoms with Crippen molar-refractivity contribution in [3.05, 3.63) is 56.6 Å². The molecule has 0 aliphatic heterocycles. The molecule has 0 unspecified atom stereocenters. The lowest BCUT2D eigenvalue weighted by Gasteiger charge is -2.11. The van der Waals surface area contributed by atoms with E-state index in [1.54, 1.807) is 0 Å². The number of hydrogen-bond donors (Lipinski definition) is 1. The van der Waals surface area contributed by atoms with Gasteiger partial charge in [0.05, 0.1) is 5.69 Å². The summed E-state index contributed by atoms with van der Waals surface area (Å²) in [5.41, 5.74) is -0.0494. The van der Waals surface area contributed by atoms with Gasteiger partial charge in [0.25, 0.3) is 5.91 Å². The van der Waals surface area contributed by atoms with Gasteiger partial charge in [0.1, 0.15) is 17.2 Å². The average molecular weight is 690 g/mol. The zero-order valence-corrected chi connectivity index (χ0v) is 18.0. The molecule has 0 saturated carbocycles. The summed E-state index contributed by atoms with van der Waals surface area (Å²) >= 11 is 9.27. The summed E-state index contributed by atoms with van der Waals surface area (Å²) < 4.78 is 30.4. The van der Waals surface area contributed by atoms with Crippen LogP contribution in [0.3, 0.4) is 0 Å². The summed E-state index contributed by atoms with van der Waals surface area (Å²) in [6.07, 6.45) is 0. The van der Waals surface area contributed by atoms with Gasteiger partial charge in [-0.15, -0.1) is 0 Å². The van der Waals surface area contributed by atoms with Crippen LogP contribution in [-0.4, -0.2) is 5.91 Å². The maximum absolute atomic E-state index is 13.8. The van der Waals surface area contributed by atoms with Crippen LogP contribution in [0, 0.1) is 22.3 Å². The van der Waals surface area contributed by atoms with Gasteiger partial charge in [-0.25, -0.2) is 8.78 Å². The van der Waals surface area contributed by atoms with E-state index in [4.69, 9.17) is 0 Å². The molecule has 0 aromatic heterocycles. The van der Waals surface area contributed by atoms with Crippen LogP contribution < -0.4 is 5.32 Å². The van der Waals surface area contributed by atoms with E-state index < -0.39 is 23.1 Å². The Balaban J connectivity index is 2.40. The minimum atomic E-state index is -0.907. The van der Waals surface area contributed by atoms with E-state index in [9.17, 15) is 13.6 Å². The number of anilines is 1. The molecule has 2 rings (SSSR count). The van der Waals surface area contributed by atoms with Gasteiger partial charge in [-0.3, -0.25) is 4.79 Å². The highest BCUT2D eigenvalue weighted by Crippen LogP contribution is 2.28. The van der Waals surface area contributed by atoms with Crippen molar-refractivity contribution >= 4 is 95.3 Å². The lowest BCUT2D eigenvalue weighted by molar-refractivity contribution is 0.101. The molecule has 0 atom stereocenters. The molecule has 0 bridgehead atoms. The van der Waals surface area contributed by atoms with E-state index in [1.807, 2.05) is 12.1 Å². The molecule has 0 heterocycles. The molecule has 0 saturated heterocycles. The van der Waals surface area contributed by atoms with Crippen LogP contribution in [0.5, 0.6) is 0 Å². The van der Waals surface area contributed by atoms with Crippen molar-refractivity contribution < 1.29 is 13.6 Å². The quantitative estimate of drug-likeness (QED) is 0.398. The van der Waals surface area contributed by atoms with E-state index in [1.165, 1.54) is 0 Å². The van der Waals surface area contributed by atoms with E-state index in [-0.39, 0.29) is 4.47 Å². The second kappa shape index (κ2) is 7.34. The maximum atomic E-state index is 13.8. The summed E-state index contributed by atoms with van der Waals surface area (Å²) in [4.78, 5) is 12.1. The summed E-state index contributed by atoms with van der Waals surface area (Å²) in [5, 5.41) is 2.57. The first kappa shape index (κ1) is 17.8. The number of halogens is 6. The van der Waals surface area contributed by atoms with Crippen molar-refractivity contribution in [1.82, 2.24) is 0 Å². The third-order valence-corrected chi connectivity index (χ3v) is 5.26. The molecular formula is C13H5BrF2I3NO. The van der Waals surface area contributed by atoms with E-state index in [2.05, 4.69) is 89.0 Å². The molecule has 0 fully saturated rings. The Morgan fingerprint density at radius 3 is 1.95 bits per heavy atom.